The molecule has 25 heavy (non-hydrogen) atoms. The molecule has 130 valence electrons. The molecule has 1 heterocycles. The van der Waals surface area contributed by atoms with E-state index in [1.54, 1.807) is 0 Å². The molecular weight excluding hydrogens is 314 g/mol. The number of anilines is 1. The van der Waals surface area contributed by atoms with Crippen LogP contribution < -0.4 is 10.6 Å². The summed E-state index contributed by atoms with van der Waals surface area (Å²) in [6.07, 6.45) is 0. The third-order valence-electron chi connectivity index (χ3n) is 4.25. The molecular formula is C20H23N3O2. The fourth-order valence-electron chi connectivity index (χ4n) is 2.77. The van der Waals surface area contributed by atoms with Crippen molar-refractivity contribution < 1.29 is 9.21 Å². The number of nitrogens with one attached hydrogen (secondary N) is 2. The van der Waals surface area contributed by atoms with Crippen LogP contribution in [0.1, 0.15) is 17.4 Å². The Labute approximate surface area is 147 Å². The Kier molecular flexibility index (Phi) is 5.05. The Balaban J connectivity index is 1.68. The van der Waals surface area contributed by atoms with Crippen LogP contribution >= 0.6 is 0 Å². The van der Waals surface area contributed by atoms with Gasteiger partial charge in [0.25, 0.3) is 0 Å². The summed E-state index contributed by atoms with van der Waals surface area (Å²) in [4.78, 5) is 14.3. The highest BCUT2D eigenvalue weighted by atomic mass is 16.3. The predicted octanol–water partition coefficient (Wildman–Crippen LogP) is 4.17. The number of hydrogen-bond acceptors (Lipinski definition) is 3. The summed E-state index contributed by atoms with van der Waals surface area (Å²) < 4.78 is 5.95. The molecule has 1 aromatic heterocycles. The quantitative estimate of drug-likeness (QED) is 0.735. The third-order valence-corrected chi connectivity index (χ3v) is 4.25. The maximum absolute atomic E-state index is 12.2. The van der Waals surface area contributed by atoms with Crippen LogP contribution in [0.15, 0.2) is 59.0 Å². The zero-order valence-electron chi connectivity index (χ0n) is 14.7. The summed E-state index contributed by atoms with van der Waals surface area (Å²) in [6.45, 7) is 2.41. The van der Waals surface area contributed by atoms with Crippen molar-refractivity contribution in [3.8, 4) is 0 Å². The molecule has 0 fully saturated rings. The number of nitrogens with zero attached hydrogens (tertiary/aromatic N) is 1. The van der Waals surface area contributed by atoms with Crippen LogP contribution in [-0.4, -0.2) is 31.6 Å². The first-order valence-electron chi connectivity index (χ1n) is 8.30. The minimum absolute atomic E-state index is 0.0463. The van der Waals surface area contributed by atoms with Gasteiger partial charge in [0.2, 0.25) is 0 Å². The van der Waals surface area contributed by atoms with E-state index >= 15 is 0 Å². The largest absolute Gasteiger partial charge is 0.459 e. The van der Waals surface area contributed by atoms with Gasteiger partial charge in [-0.3, -0.25) is 4.90 Å². The van der Waals surface area contributed by atoms with E-state index in [1.807, 2.05) is 80.5 Å². The molecule has 0 saturated heterocycles. The number of aryl methyl sites for hydroxylation is 1. The molecule has 2 aromatic carbocycles. The van der Waals surface area contributed by atoms with Crippen LogP contribution in [0.2, 0.25) is 0 Å². The van der Waals surface area contributed by atoms with Gasteiger partial charge in [0.1, 0.15) is 11.3 Å². The number of urea groups is 1. The van der Waals surface area contributed by atoms with E-state index in [0.29, 0.717) is 6.54 Å². The highest BCUT2D eigenvalue weighted by molar-refractivity contribution is 5.90. The number of amides is 2. The number of likely N-dealkylation sites (N-methyl/N-ethyl adjacent to an activating group) is 1. The van der Waals surface area contributed by atoms with E-state index in [9.17, 15) is 4.79 Å². The second-order valence-corrected chi connectivity index (χ2v) is 6.32. The number of hydrogen-bond donors (Lipinski definition) is 2. The number of carbonyl (C=O) groups excluding carboxylic acids is 1. The van der Waals surface area contributed by atoms with E-state index < -0.39 is 0 Å². The molecule has 5 nitrogen and oxygen atoms in total. The molecule has 3 aromatic rings. The zero-order valence-corrected chi connectivity index (χ0v) is 14.7. The maximum atomic E-state index is 12.2. The molecule has 0 aliphatic heterocycles. The molecule has 1 unspecified atom stereocenters. The highest BCUT2D eigenvalue weighted by Gasteiger charge is 2.19. The minimum Gasteiger partial charge on any atom is -0.459 e. The molecule has 0 bridgehead atoms. The molecule has 2 N–H and O–H groups in total. The number of rotatable bonds is 5. The Morgan fingerprint density at radius 3 is 2.56 bits per heavy atom. The Bertz CT molecular complexity index is 837. The molecule has 0 spiro atoms. The Morgan fingerprint density at radius 1 is 1.12 bits per heavy atom. The zero-order chi connectivity index (χ0) is 17.8. The van der Waals surface area contributed by atoms with Crippen LogP contribution in [0, 0.1) is 6.92 Å². The predicted molar refractivity (Wildman–Crippen MR) is 101 cm³/mol. The van der Waals surface area contributed by atoms with E-state index in [2.05, 4.69) is 10.6 Å². The van der Waals surface area contributed by atoms with Crippen molar-refractivity contribution in [2.45, 2.75) is 13.0 Å². The maximum Gasteiger partial charge on any atom is 0.319 e. The van der Waals surface area contributed by atoms with Crippen molar-refractivity contribution in [1.29, 1.82) is 0 Å². The van der Waals surface area contributed by atoms with Crippen molar-refractivity contribution in [3.05, 3.63) is 65.9 Å². The topological polar surface area (TPSA) is 57.5 Å². The lowest BCUT2D eigenvalue weighted by Gasteiger charge is -2.22. The van der Waals surface area contributed by atoms with Gasteiger partial charge in [0.15, 0.2) is 0 Å². The number of benzene rings is 2. The average Bonchev–Trinajstić information content (AvgIpc) is 3.00. The fraction of sp³-hybridized carbons (Fsp3) is 0.250. The molecule has 0 radical (unpaired) electrons. The number of fused-ring (bicyclic) bond motifs is 1. The smallest absolute Gasteiger partial charge is 0.319 e. The summed E-state index contributed by atoms with van der Waals surface area (Å²) in [6, 6.07) is 17.4. The average molecular weight is 337 g/mol. The number of para-hydroxylation sites is 2. The van der Waals surface area contributed by atoms with Crippen LogP contribution in [0.5, 0.6) is 0 Å². The molecule has 2 amide bonds. The second-order valence-electron chi connectivity index (χ2n) is 6.32. The van der Waals surface area contributed by atoms with Gasteiger partial charge in [-0.05, 0) is 44.8 Å². The summed E-state index contributed by atoms with van der Waals surface area (Å²) >= 11 is 0. The van der Waals surface area contributed by atoms with Gasteiger partial charge in [-0.15, -0.1) is 0 Å². The summed E-state index contributed by atoms with van der Waals surface area (Å²) in [7, 11) is 3.94. The van der Waals surface area contributed by atoms with Crippen LogP contribution in [0.25, 0.3) is 11.0 Å². The Morgan fingerprint density at radius 2 is 1.84 bits per heavy atom. The molecule has 5 heteroatoms. The summed E-state index contributed by atoms with van der Waals surface area (Å²) in [5.74, 6) is 0.836. The van der Waals surface area contributed by atoms with Crippen molar-refractivity contribution in [2.75, 3.05) is 26.0 Å². The van der Waals surface area contributed by atoms with E-state index in [1.165, 1.54) is 0 Å². The van der Waals surface area contributed by atoms with Gasteiger partial charge in [-0.25, -0.2) is 4.79 Å². The van der Waals surface area contributed by atoms with Gasteiger partial charge in [-0.2, -0.15) is 0 Å². The first kappa shape index (κ1) is 17.0. The van der Waals surface area contributed by atoms with Gasteiger partial charge in [-0.1, -0.05) is 36.4 Å². The number of carbonyl (C=O) groups is 1. The Hall–Kier alpha value is -2.79. The number of furan rings is 1. The van der Waals surface area contributed by atoms with E-state index in [-0.39, 0.29) is 12.1 Å². The van der Waals surface area contributed by atoms with E-state index in [4.69, 9.17) is 4.42 Å². The molecule has 0 aliphatic carbocycles. The molecule has 1 atom stereocenters. The SMILES string of the molecule is Cc1ccccc1NC(=O)NCC(c1cc2ccccc2o1)N(C)C. The standard InChI is InChI=1S/C20H23N3O2/c1-14-8-4-6-10-16(14)22-20(24)21-13-17(23(2)3)19-12-15-9-5-7-11-18(15)25-19/h4-12,17H,13H2,1-3H3,(H2,21,22,24). The van der Waals surface area contributed by atoms with Crippen molar-refractivity contribution in [2.24, 2.45) is 0 Å². The van der Waals surface area contributed by atoms with Crippen molar-refractivity contribution in [1.82, 2.24) is 10.2 Å². The third kappa shape index (κ3) is 4.00. The summed E-state index contributed by atoms with van der Waals surface area (Å²) in [5.41, 5.74) is 2.69. The van der Waals surface area contributed by atoms with Gasteiger partial charge in [0, 0.05) is 17.6 Å². The van der Waals surface area contributed by atoms with Crippen molar-refractivity contribution >= 4 is 22.7 Å². The second kappa shape index (κ2) is 7.40. The van der Waals surface area contributed by atoms with Gasteiger partial charge >= 0.3 is 6.03 Å². The van der Waals surface area contributed by atoms with Crippen LogP contribution in [0.4, 0.5) is 10.5 Å². The highest BCUT2D eigenvalue weighted by Crippen LogP contribution is 2.26. The monoisotopic (exact) mass is 337 g/mol. The lowest BCUT2D eigenvalue weighted by atomic mass is 10.2. The first-order valence-corrected chi connectivity index (χ1v) is 8.30. The molecule has 0 aliphatic rings. The van der Waals surface area contributed by atoms with Gasteiger partial charge in [0.05, 0.1) is 6.04 Å². The first-order chi connectivity index (χ1) is 12.0. The molecule has 3 rings (SSSR count). The summed E-state index contributed by atoms with van der Waals surface area (Å²) in [5, 5.41) is 6.88. The minimum atomic E-state index is -0.225. The molecule has 0 saturated carbocycles. The van der Waals surface area contributed by atoms with E-state index in [0.717, 1.165) is 28.0 Å². The lowest BCUT2D eigenvalue weighted by Crippen LogP contribution is -2.36. The van der Waals surface area contributed by atoms with Crippen molar-refractivity contribution in [3.63, 3.8) is 0 Å². The fourth-order valence-corrected chi connectivity index (χ4v) is 2.77. The normalized spacial score (nSPS) is 12.3. The van der Waals surface area contributed by atoms with Gasteiger partial charge < -0.3 is 15.1 Å². The van der Waals surface area contributed by atoms with Crippen LogP contribution in [0.3, 0.4) is 0 Å². The lowest BCUT2D eigenvalue weighted by molar-refractivity contribution is 0.235. The van der Waals surface area contributed by atoms with Crippen LogP contribution in [-0.2, 0) is 0 Å².